The van der Waals surface area contributed by atoms with Gasteiger partial charge < -0.3 is 14.7 Å². The maximum atomic E-state index is 13.3. The molecule has 2 aromatic rings. The first-order valence-corrected chi connectivity index (χ1v) is 11.6. The Hall–Kier alpha value is -2.33. The zero-order chi connectivity index (χ0) is 21.8. The van der Waals surface area contributed by atoms with Crippen molar-refractivity contribution in [3.63, 3.8) is 0 Å². The molecule has 0 radical (unpaired) electrons. The molecule has 2 aromatic carbocycles. The van der Waals surface area contributed by atoms with Gasteiger partial charge >= 0.3 is 6.09 Å². The number of carbonyl (C=O) groups excluding carboxylic acids is 1. The lowest BCUT2D eigenvalue weighted by Crippen LogP contribution is -2.63. The monoisotopic (exact) mass is 419 g/mol. The van der Waals surface area contributed by atoms with E-state index in [1.165, 1.54) is 22.3 Å². The molecule has 5 rings (SSSR count). The van der Waals surface area contributed by atoms with E-state index in [0.717, 1.165) is 19.3 Å². The lowest BCUT2D eigenvalue weighted by Gasteiger charge is -2.55. The van der Waals surface area contributed by atoms with Gasteiger partial charge in [0.1, 0.15) is 6.61 Å². The highest BCUT2D eigenvalue weighted by atomic mass is 16.6. The van der Waals surface area contributed by atoms with E-state index in [-0.39, 0.29) is 29.5 Å². The molecule has 1 aliphatic carbocycles. The quantitative estimate of drug-likeness (QED) is 0.676. The van der Waals surface area contributed by atoms with E-state index >= 15 is 0 Å². The highest BCUT2D eigenvalue weighted by molar-refractivity contribution is 5.79. The minimum atomic E-state index is -0.733. The molecule has 2 aliphatic heterocycles. The van der Waals surface area contributed by atoms with Crippen LogP contribution in [-0.4, -0.2) is 40.4 Å². The molecule has 4 nitrogen and oxygen atoms in total. The highest BCUT2D eigenvalue weighted by Crippen LogP contribution is 2.48. The third-order valence-corrected chi connectivity index (χ3v) is 7.95. The van der Waals surface area contributed by atoms with Crippen LogP contribution in [-0.2, 0) is 4.74 Å². The van der Waals surface area contributed by atoms with Crippen molar-refractivity contribution in [3.8, 4) is 11.1 Å². The van der Waals surface area contributed by atoms with Crippen LogP contribution in [0.25, 0.3) is 11.1 Å². The van der Waals surface area contributed by atoms with Gasteiger partial charge in [-0.2, -0.15) is 0 Å². The summed E-state index contributed by atoms with van der Waals surface area (Å²) >= 11 is 0. The van der Waals surface area contributed by atoms with Crippen LogP contribution in [0, 0.1) is 5.41 Å². The van der Waals surface area contributed by atoms with E-state index in [1.807, 2.05) is 4.90 Å². The van der Waals surface area contributed by atoms with Crippen LogP contribution in [0.3, 0.4) is 0 Å². The van der Waals surface area contributed by atoms with E-state index in [2.05, 4.69) is 69.3 Å². The van der Waals surface area contributed by atoms with Crippen molar-refractivity contribution in [2.24, 2.45) is 5.41 Å². The SMILES string of the molecule is CC(C)(C)C1(O)CC2CCCC(C1)N2C(=O)OCC1c2ccccc2-c2ccccc21. The van der Waals surface area contributed by atoms with Crippen LogP contribution < -0.4 is 0 Å². The lowest BCUT2D eigenvalue weighted by molar-refractivity contribution is -0.139. The highest BCUT2D eigenvalue weighted by Gasteiger charge is 2.52. The fourth-order valence-corrected chi connectivity index (χ4v) is 6.01. The van der Waals surface area contributed by atoms with Crippen LogP contribution in [0.1, 0.15) is 69.9 Å². The largest absolute Gasteiger partial charge is 0.448 e. The Balaban J connectivity index is 1.34. The molecular formula is C27H33NO3. The number of hydrogen-bond acceptors (Lipinski definition) is 3. The Morgan fingerprint density at radius 2 is 1.52 bits per heavy atom. The van der Waals surface area contributed by atoms with Gasteiger partial charge in [0.15, 0.2) is 0 Å². The Kier molecular flexibility index (Phi) is 4.89. The number of benzene rings is 2. The summed E-state index contributed by atoms with van der Waals surface area (Å²) in [5.41, 5.74) is 4.01. The zero-order valence-electron chi connectivity index (χ0n) is 18.8. The second kappa shape index (κ2) is 7.37. The van der Waals surface area contributed by atoms with E-state index in [1.54, 1.807) is 0 Å². The fourth-order valence-electron chi connectivity index (χ4n) is 6.01. The number of aliphatic hydroxyl groups is 1. The summed E-state index contributed by atoms with van der Waals surface area (Å²) in [6, 6.07) is 17.0. The van der Waals surface area contributed by atoms with Gasteiger partial charge in [0.05, 0.1) is 5.60 Å². The van der Waals surface area contributed by atoms with Crippen molar-refractivity contribution in [1.29, 1.82) is 0 Å². The van der Waals surface area contributed by atoms with E-state index in [9.17, 15) is 9.90 Å². The molecule has 31 heavy (non-hydrogen) atoms. The molecule has 2 atom stereocenters. The maximum absolute atomic E-state index is 13.3. The number of nitrogens with zero attached hydrogens (tertiary/aromatic N) is 1. The van der Waals surface area contributed by atoms with Crippen molar-refractivity contribution in [2.45, 2.75) is 76.5 Å². The number of ether oxygens (including phenoxy) is 1. The lowest BCUT2D eigenvalue weighted by atomic mass is 9.64. The Labute approximate surface area is 185 Å². The first-order valence-electron chi connectivity index (χ1n) is 11.6. The Bertz CT molecular complexity index is 932. The summed E-state index contributed by atoms with van der Waals surface area (Å²) in [5.74, 6) is 0.0764. The second-order valence-corrected chi connectivity index (χ2v) is 10.6. The number of hydrogen-bond donors (Lipinski definition) is 1. The number of carbonyl (C=O) groups is 1. The molecule has 2 heterocycles. The average molecular weight is 420 g/mol. The predicted molar refractivity (Wildman–Crippen MR) is 122 cm³/mol. The van der Waals surface area contributed by atoms with Crippen molar-refractivity contribution >= 4 is 6.09 Å². The fraction of sp³-hybridized carbons (Fsp3) is 0.519. The minimum absolute atomic E-state index is 0.0624. The van der Waals surface area contributed by atoms with Gasteiger partial charge in [0, 0.05) is 18.0 Å². The Morgan fingerprint density at radius 3 is 2.03 bits per heavy atom. The van der Waals surface area contributed by atoms with Crippen LogP contribution in [0.15, 0.2) is 48.5 Å². The summed E-state index contributed by atoms with van der Waals surface area (Å²) in [4.78, 5) is 15.2. The number of fused-ring (bicyclic) bond motifs is 5. The van der Waals surface area contributed by atoms with Crippen LogP contribution in [0.4, 0.5) is 4.79 Å². The first-order chi connectivity index (χ1) is 14.8. The molecule has 2 unspecified atom stereocenters. The molecule has 3 aliphatic rings. The molecular weight excluding hydrogens is 386 g/mol. The van der Waals surface area contributed by atoms with Gasteiger partial charge in [-0.1, -0.05) is 69.3 Å². The predicted octanol–water partition coefficient (Wildman–Crippen LogP) is 5.73. The van der Waals surface area contributed by atoms with Gasteiger partial charge in [-0.05, 0) is 59.8 Å². The molecule has 0 spiro atoms. The standard InChI is InChI=1S/C27H33NO3/c1-26(2,3)27(30)15-18-9-8-10-19(16-27)28(18)25(29)31-17-24-22-13-6-4-11-20(22)21-12-5-7-14-23(21)24/h4-7,11-14,18-19,24,30H,8-10,15-17H2,1-3H3. The molecule has 0 saturated carbocycles. The molecule has 4 heteroatoms. The molecule has 2 saturated heterocycles. The van der Waals surface area contributed by atoms with Crippen molar-refractivity contribution < 1.29 is 14.6 Å². The first kappa shape index (κ1) is 20.6. The average Bonchev–Trinajstić information content (AvgIpc) is 3.04. The van der Waals surface area contributed by atoms with E-state index < -0.39 is 5.60 Å². The molecule has 1 amide bonds. The minimum Gasteiger partial charge on any atom is -0.448 e. The molecule has 2 bridgehead atoms. The van der Waals surface area contributed by atoms with Crippen LogP contribution >= 0.6 is 0 Å². The third kappa shape index (κ3) is 3.36. The Morgan fingerprint density at radius 1 is 1.00 bits per heavy atom. The van der Waals surface area contributed by atoms with Gasteiger partial charge in [-0.25, -0.2) is 4.79 Å². The van der Waals surface area contributed by atoms with Crippen molar-refractivity contribution in [1.82, 2.24) is 4.90 Å². The van der Waals surface area contributed by atoms with Crippen molar-refractivity contribution in [3.05, 3.63) is 59.7 Å². The zero-order valence-corrected chi connectivity index (χ0v) is 18.8. The van der Waals surface area contributed by atoms with Crippen LogP contribution in [0.5, 0.6) is 0 Å². The maximum Gasteiger partial charge on any atom is 0.410 e. The third-order valence-electron chi connectivity index (χ3n) is 7.95. The van der Waals surface area contributed by atoms with E-state index in [0.29, 0.717) is 19.4 Å². The summed E-state index contributed by atoms with van der Waals surface area (Å²) in [5, 5.41) is 11.4. The number of amides is 1. The summed E-state index contributed by atoms with van der Waals surface area (Å²) in [6.45, 7) is 6.66. The van der Waals surface area contributed by atoms with Crippen molar-refractivity contribution in [2.75, 3.05) is 6.61 Å². The van der Waals surface area contributed by atoms with Gasteiger partial charge in [-0.15, -0.1) is 0 Å². The topological polar surface area (TPSA) is 49.8 Å². The summed E-state index contributed by atoms with van der Waals surface area (Å²) < 4.78 is 5.97. The van der Waals surface area contributed by atoms with Gasteiger partial charge in [0.2, 0.25) is 0 Å². The molecule has 164 valence electrons. The smallest absolute Gasteiger partial charge is 0.410 e. The van der Waals surface area contributed by atoms with E-state index in [4.69, 9.17) is 4.74 Å². The molecule has 0 aromatic heterocycles. The normalized spacial score (nSPS) is 27.5. The van der Waals surface area contributed by atoms with Crippen LogP contribution in [0.2, 0.25) is 0 Å². The van der Waals surface area contributed by atoms with Gasteiger partial charge in [0.25, 0.3) is 0 Å². The summed E-state index contributed by atoms with van der Waals surface area (Å²) in [6.07, 6.45) is 4.06. The second-order valence-electron chi connectivity index (χ2n) is 10.6. The molecule has 1 N–H and O–H groups in total. The molecule has 2 fully saturated rings. The summed E-state index contributed by atoms with van der Waals surface area (Å²) in [7, 11) is 0. The van der Waals surface area contributed by atoms with Gasteiger partial charge in [-0.3, -0.25) is 0 Å². The number of rotatable bonds is 2. The number of piperidine rings is 2.